The molecule has 4 heteroatoms. The van der Waals surface area contributed by atoms with E-state index in [0.717, 1.165) is 0 Å². The highest BCUT2D eigenvalue weighted by Crippen LogP contribution is 2.29. The Morgan fingerprint density at radius 1 is 1.53 bits per heavy atom. The summed E-state index contributed by atoms with van der Waals surface area (Å²) >= 11 is 0. The van der Waals surface area contributed by atoms with Crippen molar-refractivity contribution >= 4 is 11.6 Å². The summed E-state index contributed by atoms with van der Waals surface area (Å²) in [4.78, 5) is 13.0. The number of carbonyl (C=O) groups excluding carboxylic acids is 1. The summed E-state index contributed by atoms with van der Waals surface area (Å²) in [6.45, 7) is 0.269. The lowest BCUT2D eigenvalue weighted by molar-refractivity contribution is -0.117. The number of amides is 1. The minimum atomic E-state index is -0.574. The SMILES string of the molecule is C#CC1CC(=O)N(c2c(F)cccc2C#N)C1. The zero-order chi connectivity index (χ0) is 12.4. The van der Waals surface area contributed by atoms with Crippen molar-refractivity contribution < 1.29 is 9.18 Å². The Morgan fingerprint density at radius 3 is 2.88 bits per heavy atom. The van der Waals surface area contributed by atoms with E-state index >= 15 is 0 Å². The number of benzene rings is 1. The van der Waals surface area contributed by atoms with Crippen molar-refractivity contribution in [3.63, 3.8) is 0 Å². The maximum Gasteiger partial charge on any atom is 0.228 e. The summed E-state index contributed by atoms with van der Waals surface area (Å²) < 4.78 is 13.7. The van der Waals surface area contributed by atoms with Gasteiger partial charge in [0.05, 0.1) is 11.3 Å². The normalized spacial score (nSPS) is 18.9. The van der Waals surface area contributed by atoms with E-state index in [1.54, 1.807) is 0 Å². The summed E-state index contributed by atoms with van der Waals surface area (Å²) in [5.74, 6) is 1.45. The Balaban J connectivity index is 2.46. The summed E-state index contributed by atoms with van der Waals surface area (Å²) in [7, 11) is 0. The minimum Gasteiger partial charge on any atom is -0.307 e. The number of rotatable bonds is 1. The third-order valence-corrected chi connectivity index (χ3v) is 2.74. The topological polar surface area (TPSA) is 44.1 Å². The average Bonchev–Trinajstić information content (AvgIpc) is 2.70. The maximum atomic E-state index is 13.7. The Hall–Kier alpha value is -2.33. The molecular weight excluding hydrogens is 219 g/mol. The predicted octanol–water partition coefficient (Wildman–Crippen LogP) is 1.68. The Bertz CT molecular complexity index is 554. The second kappa shape index (κ2) is 4.27. The molecule has 1 unspecified atom stereocenters. The number of carbonyl (C=O) groups is 1. The van der Waals surface area contributed by atoms with E-state index in [1.165, 1.54) is 23.1 Å². The molecule has 17 heavy (non-hydrogen) atoms. The zero-order valence-electron chi connectivity index (χ0n) is 8.98. The molecule has 84 valence electrons. The van der Waals surface area contributed by atoms with E-state index in [0.29, 0.717) is 0 Å². The van der Waals surface area contributed by atoms with Gasteiger partial charge in [0.1, 0.15) is 11.9 Å². The maximum absolute atomic E-state index is 13.7. The number of halogens is 1. The molecule has 1 atom stereocenters. The van der Waals surface area contributed by atoms with Crippen LogP contribution in [-0.4, -0.2) is 12.5 Å². The van der Waals surface area contributed by atoms with Crippen molar-refractivity contribution in [3.8, 4) is 18.4 Å². The number of terminal acetylenes is 1. The molecule has 1 aliphatic rings. The minimum absolute atomic E-state index is 0.0396. The van der Waals surface area contributed by atoms with Crippen LogP contribution in [0.3, 0.4) is 0 Å². The molecule has 1 fully saturated rings. The van der Waals surface area contributed by atoms with Crippen LogP contribution < -0.4 is 4.90 Å². The molecule has 1 saturated heterocycles. The lowest BCUT2D eigenvalue weighted by atomic mass is 10.1. The summed E-state index contributed by atoms with van der Waals surface area (Å²) in [6, 6.07) is 6.03. The number of hydrogen-bond acceptors (Lipinski definition) is 2. The second-order valence-electron chi connectivity index (χ2n) is 3.82. The lowest BCUT2D eigenvalue weighted by Crippen LogP contribution is -2.26. The van der Waals surface area contributed by atoms with Crippen LogP contribution in [0.25, 0.3) is 0 Å². The fourth-order valence-corrected chi connectivity index (χ4v) is 1.92. The first kappa shape index (κ1) is 11.2. The standard InChI is InChI=1S/C13H9FN2O/c1-2-9-6-12(17)16(8-9)13-10(7-15)4-3-5-11(13)14/h1,3-5,9H,6,8H2. The molecule has 3 nitrogen and oxygen atoms in total. The third-order valence-electron chi connectivity index (χ3n) is 2.74. The molecule has 2 rings (SSSR count). The van der Waals surface area contributed by atoms with Gasteiger partial charge in [-0.05, 0) is 12.1 Å². The molecule has 1 heterocycles. The molecular formula is C13H9FN2O. The molecule has 0 spiro atoms. The Morgan fingerprint density at radius 2 is 2.29 bits per heavy atom. The lowest BCUT2D eigenvalue weighted by Gasteiger charge is -2.17. The van der Waals surface area contributed by atoms with Crippen molar-refractivity contribution in [2.45, 2.75) is 6.42 Å². The first-order chi connectivity index (χ1) is 8.17. The van der Waals surface area contributed by atoms with Gasteiger partial charge in [-0.25, -0.2) is 4.39 Å². The molecule has 1 aromatic carbocycles. The highest BCUT2D eigenvalue weighted by molar-refractivity contribution is 5.97. The van der Waals surface area contributed by atoms with Crippen LogP contribution in [0.15, 0.2) is 18.2 Å². The van der Waals surface area contributed by atoms with Gasteiger partial charge in [-0.15, -0.1) is 12.3 Å². The van der Waals surface area contributed by atoms with Gasteiger partial charge < -0.3 is 4.90 Å². The van der Waals surface area contributed by atoms with Gasteiger partial charge in [0.15, 0.2) is 0 Å². The van der Waals surface area contributed by atoms with Crippen LogP contribution in [0.5, 0.6) is 0 Å². The molecule has 1 aromatic rings. The van der Waals surface area contributed by atoms with Gasteiger partial charge in [-0.1, -0.05) is 6.07 Å². The Labute approximate surface area is 98.5 Å². The first-order valence-corrected chi connectivity index (χ1v) is 5.12. The third kappa shape index (κ3) is 1.86. The fraction of sp³-hybridized carbons (Fsp3) is 0.231. The molecule has 0 saturated carbocycles. The molecule has 1 amide bonds. The van der Waals surface area contributed by atoms with Crippen molar-refractivity contribution in [2.75, 3.05) is 11.4 Å². The number of nitriles is 1. The Kier molecular flexibility index (Phi) is 2.80. The summed E-state index contributed by atoms with van der Waals surface area (Å²) in [5, 5.41) is 8.92. The van der Waals surface area contributed by atoms with Gasteiger partial charge in [0, 0.05) is 18.9 Å². The van der Waals surface area contributed by atoms with Crippen LogP contribution in [0.1, 0.15) is 12.0 Å². The van der Waals surface area contributed by atoms with E-state index < -0.39 is 5.82 Å². The van der Waals surface area contributed by atoms with E-state index in [1.807, 2.05) is 6.07 Å². The van der Waals surface area contributed by atoms with Gasteiger partial charge in [-0.2, -0.15) is 5.26 Å². The molecule has 0 aliphatic carbocycles. The number of anilines is 1. The molecule has 0 radical (unpaired) electrons. The average molecular weight is 228 g/mol. The van der Waals surface area contributed by atoms with Crippen LogP contribution in [0.4, 0.5) is 10.1 Å². The molecule has 0 bridgehead atoms. The first-order valence-electron chi connectivity index (χ1n) is 5.12. The largest absolute Gasteiger partial charge is 0.307 e. The number of nitrogens with zero attached hydrogens (tertiary/aromatic N) is 2. The predicted molar refractivity (Wildman–Crippen MR) is 60.4 cm³/mol. The quantitative estimate of drug-likeness (QED) is 0.686. The van der Waals surface area contributed by atoms with Crippen LogP contribution >= 0.6 is 0 Å². The van der Waals surface area contributed by atoms with E-state index in [-0.39, 0.29) is 36.0 Å². The van der Waals surface area contributed by atoms with Crippen molar-refractivity contribution in [2.24, 2.45) is 5.92 Å². The van der Waals surface area contributed by atoms with Gasteiger partial charge >= 0.3 is 0 Å². The second-order valence-corrected chi connectivity index (χ2v) is 3.82. The monoisotopic (exact) mass is 228 g/mol. The van der Waals surface area contributed by atoms with Crippen molar-refractivity contribution in [1.29, 1.82) is 5.26 Å². The number of hydrogen-bond donors (Lipinski definition) is 0. The highest BCUT2D eigenvalue weighted by atomic mass is 19.1. The van der Waals surface area contributed by atoms with Crippen molar-refractivity contribution in [1.82, 2.24) is 0 Å². The fourth-order valence-electron chi connectivity index (χ4n) is 1.92. The van der Waals surface area contributed by atoms with Crippen LogP contribution in [0, 0.1) is 35.4 Å². The van der Waals surface area contributed by atoms with E-state index in [4.69, 9.17) is 11.7 Å². The summed E-state index contributed by atoms with van der Waals surface area (Å²) in [6.07, 6.45) is 5.46. The van der Waals surface area contributed by atoms with Crippen LogP contribution in [-0.2, 0) is 4.79 Å². The highest BCUT2D eigenvalue weighted by Gasteiger charge is 2.32. The number of para-hydroxylation sites is 1. The van der Waals surface area contributed by atoms with Crippen LogP contribution in [0.2, 0.25) is 0 Å². The van der Waals surface area contributed by atoms with Gasteiger partial charge in [0.2, 0.25) is 5.91 Å². The van der Waals surface area contributed by atoms with E-state index in [9.17, 15) is 9.18 Å². The zero-order valence-corrected chi connectivity index (χ0v) is 8.98. The van der Waals surface area contributed by atoms with Gasteiger partial charge in [-0.3, -0.25) is 4.79 Å². The molecule has 0 aromatic heterocycles. The van der Waals surface area contributed by atoms with Gasteiger partial charge in [0.25, 0.3) is 0 Å². The molecule has 1 aliphatic heterocycles. The van der Waals surface area contributed by atoms with Crippen molar-refractivity contribution in [3.05, 3.63) is 29.6 Å². The molecule has 0 N–H and O–H groups in total. The summed E-state index contributed by atoms with van der Waals surface area (Å²) in [5.41, 5.74) is 0.189. The van der Waals surface area contributed by atoms with E-state index in [2.05, 4.69) is 5.92 Å². The smallest absolute Gasteiger partial charge is 0.228 e.